The SMILES string of the molecule is CN(CC(=O)Nc1ccccc1)Cc1nc2ccccc2c(=O)[nH]1. The van der Waals surface area contributed by atoms with Crippen molar-refractivity contribution in [2.45, 2.75) is 6.54 Å². The van der Waals surface area contributed by atoms with Crippen LogP contribution in [-0.2, 0) is 11.3 Å². The Morgan fingerprint density at radius 3 is 2.62 bits per heavy atom. The first-order valence-corrected chi connectivity index (χ1v) is 7.63. The third-order valence-corrected chi connectivity index (χ3v) is 3.55. The first-order chi connectivity index (χ1) is 11.6. The van der Waals surface area contributed by atoms with Crippen molar-refractivity contribution in [2.24, 2.45) is 0 Å². The van der Waals surface area contributed by atoms with E-state index in [4.69, 9.17) is 0 Å². The summed E-state index contributed by atoms with van der Waals surface area (Å²) in [6, 6.07) is 16.5. The predicted molar refractivity (Wildman–Crippen MR) is 93.8 cm³/mol. The van der Waals surface area contributed by atoms with Gasteiger partial charge in [0, 0.05) is 5.69 Å². The van der Waals surface area contributed by atoms with E-state index in [1.165, 1.54) is 0 Å². The Bertz CT molecular complexity index is 906. The average Bonchev–Trinajstić information content (AvgIpc) is 2.55. The predicted octanol–water partition coefficient (Wildman–Crippen LogP) is 1.99. The number of hydrogen-bond acceptors (Lipinski definition) is 4. The van der Waals surface area contributed by atoms with E-state index in [2.05, 4.69) is 15.3 Å². The molecular weight excluding hydrogens is 304 g/mol. The Kier molecular flexibility index (Phi) is 4.67. The molecule has 0 aliphatic carbocycles. The van der Waals surface area contributed by atoms with Gasteiger partial charge in [-0.15, -0.1) is 0 Å². The van der Waals surface area contributed by atoms with E-state index in [0.717, 1.165) is 5.69 Å². The van der Waals surface area contributed by atoms with Crippen molar-refractivity contribution in [2.75, 3.05) is 18.9 Å². The lowest BCUT2D eigenvalue weighted by Gasteiger charge is -2.15. The monoisotopic (exact) mass is 322 g/mol. The topological polar surface area (TPSA) is 78.1 Å². The highest BCUT2D eigenvalue weighted by Gasteiger charge is 2.10. The van der Waals surface area contributed by atoms with Crippen molar-refractivity contribution in [1.82, 2.24) is 14.9 Å². The molecule has 3 aromatic rings. The highest BCUT2D eigenvalue weighted by atomic mass is 16.2. The summed E-state index contributed by atoms with van der Waals surface area (Å²) in [5.74, 6) is 0.417. The molecule has 122 valence electrons. The molecule has 0 aliphatic rings. The van der Waals surface area contributed by atoms with E-state index in [1.54, 1.807) is 30.1 Å². The van der Waals surface area contributed by atoms with Gasteiger partial charge in [0.1, 0.15) is 5.82 Å². The number of aromatic nitrogens is 2. The molecular formula is C18H18N4O2. The number of nitrogens with zero attached hydrogens (tertiary/aromatic N) is 2. The summed E-state index contributed by atoms with van der Waals surface area (Å²) in [6.45, 7) is 0.577. The number of nitrogens with one attached hydrogen (secondary N) is 2. The number of anilines is 1. The number of benzene rings is 2. The van der Waals surface area contributed by atoms with Gasteiger partial charge >= 0.3 is 0 Å². The summed E-state index contributed by atoms with van der Waals surface area (Å²) in [5, 5.41) is 3.39. The van der Waals surface area contributed by atoms with Crippen LogP contribution in [0.25, 0.3) is 10.9 Å². The number of carbonyl (C=O) groups excluding carboxylic acids is 1. The molecule has 1 heterocycles. The first-order valence-electron chi connectivity index (χ1n) is 7.63. The highest BCUT2D eigenvalue weighted by molar-refractivity contribution is 5.92. The van der Waals surface area contributed by atoms with Gasteiger partial charge in [0.05, 0.1) is 24.0 Å². The van der Waals surface area contributed by atoms with Gasteiger partial charge in [0.15, 0.2) is 0 Å². The molecule has 6 heteroatoms. The highest BCUT2D eigenvalue weighted by Crippen LogP contribution is 2.07. The molecule has 24 heavy (non-hydrogen) atoms. The minimum Gasteiger partial charge on any atom is -0.325 e. The number of amides is 1. The van der Waals surface area contributed by atoms with Crippen LogP contribution in [0.3, 0.4) is 0 Å². The van der Waals surface area contributed by atoms with Crippen LogP contribution in [0, 0.1) is 0 Å². The minimum atomic E-state index is -0.169. The van der Waals surface area contributed by atoms with Gasteiger partial charge < -0.3 is 10.3 Å². The number of carbonyl (C=O) groups is 1. The summed E-state index contributed by atoms with van der Waals surface area (Å²) in [7, 11) is 1.81. The lowest BCUT2D eigenvalue weighted by molar-refractivity contribution is -0.117. The molecule has 0 fully saturated rings. The van der Waals surface area contributed by atoms with Crippen LogP contribution in [0.15, 0.2) is 59.4 Å². The standard InChI is InChI=1S/C18H18N4O2/c1-22(12-17(23)19-13-7-3-2-4-8-13)11-16-20-15-10-6-5-9-14(15)18(24)21-16/h2-10H,11-12H2,1H3,(H,19,23)(H,20,21,24). The second kappa shape index (κ2) is 7.06. The van der Waals surface area contributed by atoms with Crippen molar-refractivity contribution >= 4 is 22.5 Å². The van der Waals surface area contributed by atoms with Crippen molar-refractivity contribution in [3.8, 4) is 0 Å². The van der Waals surface area contributed by atoms with E-state index in [1.807, 2.05) is 36.4 Å². The third kappa shape index (κ3) is 3.85. The van der Waals surface area contributed by atoms with Crippen LogP contribution in [0.4, 0.5) is 5.69 Å². The Hall–Kier alpha value is -2.99. The van der Waals surface area contributed by atoms with Gasteiger partial charge in [-0.3, -0.25) is 14.5 Å². The molecule has 0 atom stereocenters. The van der Waals surface area contributed by atoms with Crippen molar-refractivity contribution in [3.05, 3.63) is 70.8 Å². The summed E-state index contributed by atoms with van der Waals surface area (Å²) in [4.78, 5) is 33.1. The summed E-state index contributed by atoms with van der Waals surface area (Å²) >= 11 is 0. The summed E-state index contributed by atoms with van der Waals surface area (Å²) in [5.41, 5.74) is 1.24. The molecule has 0 aliphatic heterocycles. The molecule has 0 bridgehead atoms. The number of aromatic amines is 1. The van der Waals surface area contributed by atoms with Crippen LogP contribution < -0.4 is 10.9 Å². The quantitative estimate of drug-likeness (QED) is 0.753. The Morgan fingerprint density at radius 1 is 1.12 bits per heavy atom. The zero-order valence-corrected chi connectivity index (χ0v) is 13.3. The fourth-order valence-electron chi connectivity index (χ4n) is 2.49. The Labute approximate surface area is 139 Å². The fraction of sp³-hybridized carbons (Fsp3) is 0.167. The van der Waals surface area contributed by atoms with Crippen molar-refractivity contribution in [3.63, 3.8) is 0 Å². The smallest absolute Gasteiger partial charge is 0.258 e. The number of H-pyrrole nitrogens is 1. The average molecular weight is 322 g/mol. The van der Waals surface area contributed by atoms with Crippen LogP contribution in [0.1, 0.15) is 5.82 Å². The van der Waals surface area contributed by atoms with Gasteiger partial charge in [-0.25, -0.2) is 4.98 Å². The van der Waals surface area contributed by atoms with Crippen LogP contribution in [0.2, 0.25) is 0 Å². The van der Waals surface area contributed by atoms with E-state index >= 15 is 0 Å². The molecule has 2 aromatic carbocycles. The maximum Gasteiger partial charge on any atom is 0.258 e. The zero-order valence-electron chi connectivity index (χ0n) is 13.3. The van der Waals surface area contributed by atoms with Gasteiger partial charge in [-0.1, -0.05) is 30.3 Å². The van der Waals surface area contributed by atoms with E-state index in [0.29, 0.717) is 23.3 Å². The van der Waals surface area contributed by atoms with Gasteiger partial charge in [-0.2, -0.15) is 0 Å². The Balaban J connectivity index is 1.65. The third-order valence-electron chi connectivity index (χ3n) is 3.55. The van der Waals surface area contributed by atoms with Gasteiger partial charge in [0.25, 0.3) is 5.56 Å². The largest absolute Gasteiger partial charge is 0.325 e. The summed E-state index contributed by atoms with van der Waals surface area (Å²) in [6.07, 6.45) is 0. The van der Waals surface area contributed by atoms with Gasteiger partial charge in [0.2, 0.25) is 5.91 Å². The number of fused-ring (bicyclic) bond motifs is 1. The second-order valence-electron chi connectivity index (χ2n) is 5.62. The molecule has 0 radical (unpaired) electrons. The molecule has 0 spiro atoms. The Morgan fingerprint density at radius 2 is 1.83 bits per heavy atom. The summed E-state index contributed by atoms with van der Waals surface area (Å²) < 4.78 is 0. The molecule has 3 rings (SSSR count). The number of para-hydroxylation sites is 2. The normalized spacial score (nSPS) is 10.9. The maximum atomic E-state index is 12.1. The molecule has 6 nitrogen and oxygen atoms in total. The van der Waals surface area contributed by atoms with Crippen LogP contribution in [0.5, 0.6) is 0 Å². The minimum absolute atomic E-state index is 0.119. The second-order valence-corrected chi connectivity index (χ2v) is 5.62. The molecule has 1 aromatic heterocycles. The molecule has 1 amide bonds. The number of hydrogen-bond donors (Lipinski definition) is 2. The molecule has 2 N–H and O–H groups in total. The molecule has 0 unspecified atom stereocenters. The lowest BCUT2D eigenvalue weighted by atomic mass is 10.2. The molecule has 0 saturated heterocycles. The molecule has 0 saturated carbocycles. The van der Waals surface area contributed by atoms with Crippen LogP contribution in [-0.4, -0.2) is 34.4 Å². The van der Waals surface area contributed by atoms with E-state index in [-0.39, 0.29) is 18.0 Å². The first kappa shape index (κ1) is 15.9. The maximum absolute atomic E-state index is 12.1. The lowest BCUT2D eigenvalue weighted by Crippen LogP contribution is -2.31. The van der Waals surface area contributed by atoms with E-state index in [9.17, 15) is 9.59 Å². The van der Waals surface area contributed by atoms with Crippen LogP contribution >= 0.6 is 0 Å². The number of likely N-dealkylation sites (N-methyl/N-ethyl adjacent to an activating group) is 1. The number of rotatable bonds is 5. The van der Waals surface area contributed by atoms with Crippen molar-refractivity contribution in [1.29, 1.82) is 0 Å². The zero-order chi connectivity index (χ0) is 16.9. The fourth-order valence-corrected chi connectivity index (χ4v) is 2.49. The van der Waals surface area contributed by atoms with Gasteiger partial charge in [-0.05, 0) is 31.3 Å². The van der Waals surface area contributed by atoms with E-state index < -0.39 is 0 Å². The van der Waals surface area contributed by atoms with Crippen molar-refractivity contribution < 1.29 is 4.79 Å².